The Labute approximate surface area is 199 Å². The molecular weight excluding hydrogens is 438 g/mol. The van der Waals surface area contributed by atoms with Gasteiger partial charge in [-0.15, -0.1) is 0 Å². The summed E-state index contributed by atoms with van der Waals surface area (Å²) in [5, 5.41) is 10.6. The maximum atomic E-state index is 12.1. The van der Waals surface area contributed by atoms with E-state index in [0.717, 1.165) is 29.5 Å². The lowest BCUT2D eigenvalue weighted by atomic mass is 9.91. The van der Waals surface area contributed by atoms with Crippen molar-refractivity contribution in [2.45, 2.75) is 38.0 Å². The highest BCUT2D eigenvalue weighted by atomic mass is 35.5. The molecule has 2 unspecified atom stereocenters. The predicted molar refractivity (Wildman–Crippen MR) is 129 cm³/mol. The van der Waals surface area contributed by atoms with Gasteiger partial charge < -0.3 is 14.6 Å². The van der Waals surface area contributed by atoms with E-state index in [1.54, 1.807) is 7.11 Å². The maximum Gasteiger partial charge on any atom is 0.320 e. The molecule has 3 aromatic rings. The van der Waals surface area contributed by atoms with Crippen molar-refractivity contribution < 1.29 is 19.4 Å². The molecule has 1 aliphatic heterocycles. The lowest BCUT2D eigenvalue weighted by Crippen LogP contribution is -2.46. The van der Waals surface area contributed by atoms with Crippen molar-refractivity contribution in [3.63, 3.8) is 0 Å². The van der Waals surface area contributed by atoms with E-state index in [4.69, 9.17) is 21.1 Å². The van der Waals surface area contributed by atoms with Gasteiger partial charge in [-0.2, -0.15) is 0 Å². The van der Waals surface area contributed by atoms with Crippen molar-refractivity contribution >= 4 is 17.6 Å². The number of carboxylic acids is 1. The summed E-state index contributed by atoms with van der Waals surface area (Å²) in [5.41, 5.74) is 3.02. The summed E-state index contributed by atoms with van der Waals surface area (Å²) in [6.07, 6.45) is 2.51. The molecule has 1 fully saturated rings. The van der Waals surface area contributed by atoms with E-state index in [1.807, 2.05) is 72.8 Å². The van der Waals surface area contributed by atoms with Crippen molar-refractivity contribution in [1.82, 2.24) is 4.90 Å². The minimum atomic E-state index is -0.788. The van der Waals surface area contributed by atoms with Crippen molar-refractivity contribution in [2.75, 3.05) is 13.7 Å². The molecule has 0 aliphatic carbocycles. The first-order chi connectivity index (χ1) is 16.1. The second-order valence-electron chi connectivity index (χ2n) is 8.23. The van der Waals surface area contributed by atoms with E-state index in [9.17, 15) is 9.90 Å². The minimum Gasteiger partial charge on any atom is -0.493 e. The molecule has 0 amide bonds. The second kappa shape index (κ2) is 10.7. The lowest BCUT2D eigenvalue weighted by molar-refractivity contribution is -0.145. The van der Waals surface area contributed by atoms with Crippen LogP contribution in [0, 0.1) is 0 Å². The van der Waals surface area contributed by atoms with E-state index in [-0.39, 0.29) is 6.04 Å². The van der Waals surface area contributed by atoms with E-state index in [2.05, 4.69) is 4.90 Å². The van der Waals surface area contributed by atoms with Gasteiger partial charge in [-0.05, 0) is 60.3 Å². The van der Waals surface area contributed by atoms with Crippen molar-refractivity contribution in [3.8, 4) is 11.5 Å². The number of methoxy groups -OCH3 is 1. The third-order valence-electron chi connectivity index (χ3n) is 6.09. The molecule has 4 rings (SSSR count). The normalized spacial score (nSPS) is 17.3. The van der Waals surface area contributed by atoms with Gasteiger partial charge in [0.05, 0.1) is 13.2 Å². The van der Waals surface area contributed by atoms with Crippen LogP contribution in [0.15, 0.2) is 72.8 Å². The average Bonchev–Trinajstić information content (AvgIpc) is 2.85. The summed E-state index contributed by atoms with van der Waals surface area (Å²) >= 11 is 6.14. The molecule has 0 saturated carbocycles. The maximum absolute atomic E-state index is 12.1. The van der Waals surface area contributed by atoms with Crippen LogP contribution in [0.4, 0.5) is 0 Å². The Hall–Kier alpha value is -3.02. The summed E-state index contributed by atoms with van der Waals surface area (Å²) in [4.78, 5) is 14.2. The minimum absolute atomic E-state index is 0.235. The number of carbonyl (C=O) groups is 1. The molecule has 5 nitrogen and oxygen atoms in total. The third-order valence-corrected chi connectivity index (χ3v) is 6.34. The van der Waals surface area contributed by atoms with Crippen LogP contribution in [-0.2, 0) is 11.4 Å². The molecule has 0 spiro atoms. The first-order valence-corrected chi connectivity index (χ1v) is 11.5. The van der Waals surface area contributed by atoms with Gasteiger partial charge >= 0.3 is 5.97 Å². The van der Waals surface area contributed by atoms with Gasteiger partial charge in [0.25, 0.3) is 0 Å². The van der Waals surface area contributed by atoms with Gasteiger partial charge in [0.2, 0.25) is 0 Å². The first-order valence-electron chi connectivity index (χ1n) is 11.2. The largest absolute Gasteiger partial charge is 0.493 e. The van der Waals surface area contributed by atoms with Gasteiger partial charge in [0.15, 0.2) is 11.5 Å². The zero-order valence-corrected chi connectivity index (χ0v) is 19.4. The molecule has 1 saturated heterocycles. The zero-order valence-electron chi connectivity index (χ0n) is 18.6. The fraction of sp³-hybridized carbons (Fsp3) is 0.296. The molecule has 1 N–H and O–H groups in total. The highest BCUT2D eigenvalue weighted by molar-refractivity contribution is 6.30. The quantitative estimate of drug-likeness (QED) is 0.445. The zero-order chi connectivity index (χ0) is 23.2. The number of likely N-dealkylation sites (tertiary alicyclic amines) is 1. The van der Waals surface area contributed by atoms with Crippen LogP contribution in [0.3, 0.4) is 0 Å². The molecule has 3 aromatic carbocycles. The van der Waals surface area contributed by atoms with E-state index in [1.165, 1.54) is 0 Å². The van der Waals surface area contributed by atoms with Crippen LogP contribution in [0.2, 0.25) is 5.02 Å². The Balaban J connectivity index is 1.68. The summed E-state index contributed by atoms with van der Waals surface area (Å²) in [5.74, 6) is 0.475. The monoisotopic (exact) mass is 465 g/mol. The molecule has 2 atom stereocenters. The molecule has 0 bridgehead atoms. The molecule has 1 heterocycles. The van der Waals surface area contributed by atoms with Crippen LogP contribution >= 0.6 is 11.6 Å². The van der Waals surface area contributed by atoms with Gasteiger partial charge in [-0.1, -0.05) is 66.6 Å². The third kappa shape index (κ3) is 5.49. The number of halogens is 1. The average molecular weight is 466 g/mol. The number of hydrogen-bond acceptors (Lipinski definition) is 4. The number of ether oxygens (including phenoxy) is 2. The molecule has 0 aromatic heterocycles. The molecule has 1 aliphatic rings. The number of carboxylic acid groups (broad SMARTS) is 1. The Morgan fingerprint density at radius 1 is 1.03 bits per heavy atom. The fourth-order valence-electron chi connectivity index (χ4n) is 4.46. The van der Waals surface area contributed by atoms with Crippen molar-refractivity contribution in [1.29, 1.82) is 0 Å². The summed E-state index contributed by atoms with van der Waals surface area (Å²) in [6.45, 7) is 1.14. The number of nitrogens with zero attached hydrogens (tertiary/aromatic N) is 1. The highest BCUT2D eigenvalue weighted by Crippen LogP contribution is 2.38. The van der Waals surface area contributed by atoms with Crippen LogP contribution in [0.1, 0.15) is 42.0 Å². The van der Waals surface area contributed by atoms with Crippen LogP contribution in [-0.4, -0.2) is 35.7 Å². The SMILES string of the molecule is COc1cc(C(c2ccc(Cl)cc2)N2CCCCC2C(=O)O)ccc1OCc1ccccc1. The van der Waals surface area contributed by atoms with E-state index < -0.39 is 12.0 Å². The molecule has 33 heavy (non-hydrogen) atoms. The number of benzene rings is 3. The lowest BCUT2D eigenvalue weighted by Gasteiger charge is -2.39. The van der Waals surface area contributed by atoms with Gasteiger partial charge in [-0.25, -0.2) is 0 Å². The Bertz CT molecular complexity index is 1070. The van der Waals surface area contributed by atoms with E-state index in [0.29, 0.717) is 36.1 Å². The van der Waals surface area contributed by atoms with Crippen LogP contribution in [0.25, 0.3) is 0 Å². The number of rotatable bonds is 8. The van der Waals surface area contributed by atoms with Gasteiger partial charge in [0, 0.05) is 5.02 Å². The van der Waals surface area contributed by atoms with Crippen LogP contribution in [0.5, 0.6) is 11.5 Å². The van der Waals surface area contributed by atoms with E-state index >= 15 is 0 Å². The smallest absolute Gasteiger partial charge is 0.320 e. The van der Waals surface area contributed by atoms with Crippen molar-refractivity contribution in [3.05, 3.63) is 94.5 Å². The Morgan fingerprint density at radius 3 is 2.45 bits per heavy atom. The van der Waals surface area contributed by atoms with Gasteiger partial charge in [0.1, 0.15) is 12.6 Å². The molecular formula is C27H28ClNO4. The van der Waals surface area contributed by atoms with Gasteiger partial charge in [-0.3, -0.25) is 9.69 Å². The number of aliphatic carboxylic acids is 1. The molecule has 6 heteroatoms. The van der Waals surface area contributed by atoms with Crippen molar-refractivity contribution in [2.24, 2.45) is 0 Å². The number of hydrogen-bond donors (Lipinski definition) is 1. The molecule has 172 valence electrons. The standard InChI is InChI=1S/C27H28ClNO4/c1-32-25-17-21(12-15-24(25)33-18-19-7-3-2-4-8-19)26(20-10-13-22(28)14-11-20)29-16-6-5-9-23(29)27(30)31/h2-4,7-8,10-15,17,23,26H,5-6,9,16,18H2,1H3,(H,30,31). The second-order valence-corrected chi connectivity index (χ2v) is 8.66. The van der Waals surface area contributed by atoms with Crippen LogP contribution < -0.4 is 9.47 Å². The fourth-order valence-corrected chi connectivity index (χ4v) is 4.58. The summed E-state index contributed by atoms with van der Waals surface area (Å²) < 4.78 is 11.7. The highest BCUT2D eigenvalue weighted by Gasteiger charge is 2.35. The topological polar surface area (TPSA) is 59.0 Å². The Kier molecular flexibility index (Phi) is 7.53. The summed E-state index contributed by atoms with van der Waals surface area (Å²) in [7, 11) is 1.62. The Morgan fingerprint density at radius 2 is 1.76 bits per heavy atom. The molecule has 0 radical (unpaired) electrons. The summed E-state index contributed by atoms with van der Waals surface area (Å²) in [6, 6.07) is 22.7. The first kappa shape index (κ1) is 23.1. The predicted octanol–water partition coefficient (Wildman–Crippen LogP) is 5.96. The number of piperidine rings is 1.